The number of hydrogen-bond acceptors (Lipinski definition) is 1. The smallest absolute Gasteiger partial charge is 0.226 e. The molecule has 0 aromatic heterocycles. The molecule has 1 amide bonds. The Hall–Kier alpha value is -0.530. The minimum Gasteiger partial charge on any atom is -0.337 e. The van der Waals surface area contributed by atoms with Crippen molar-refractivity contribution >= 4 is 5.91 Å². The van der Waals surface area contributed by atoms with Gasteiger partial charge in [-0.3, -0.25) is 4.79 Å². The predicted octanol–water partition coefficient (Wildman–Crippen LogP) is 3.85. The summed E-state index contributed by atoms with van der Waals surface area (Å²) in [6.45, 7) is 11.0. The molecule has 0 aliphatic carbocycles. The number of likely N-dealkylation sites (tertiary alicyclic amines) is 1. The molecule has 17 heavy (non-hydrogen) atoms. The number of carbonyl (C=O) groups is 1. The van der Waals surface area contributed by atoms with Gasteiger partial charge in [0.05, 0.1) is 0 Å². The summed E-state index contributed by atoms with van der Waals surface area (Å²) >= 11 is 0. The van der Waals surface area contributed by atoms with Crippen molar-refractivity contribution in [3.8, 4) is 0 Å². The highest BCUT2D eigenvalue weighted by Gasteiger charge is 2.37. The molecule has 0 aromatic rings. The number of hydrogen-bond donors (Lipinski definition) is 0. The van der Waals surface area contributed by atoms with Crippen LogP contribution in [0.5, 0.6) is 0 Å². The molecule has 2 heteroatoms. The number of amides is 1. The van der Waals surface area contributed by atoms with E-state index in [1.165, 1.54) is 12.8 Å². The molecule has 0 saturated carbocycles. The normalized spacial score (nSPS) is 28.2. The molecule has 1 aliphatic heterocycles. The van der Waals surface area contributed by atoms with E-state index in [-0.39, 0.29) is 5.92 Å². The minimum absolute atomic E-state index is 0.231. The molecule has 1 heterocycles. The molecule has 1 saturated heterocycles. The van der Waals surface area contributed by atoms with Gasteiger partial charge >= 0.3 is 0 Å². The van der Waals surface area contributed by atoms with Crippen LogP contribution < -0.4 is 0 Å². The fourth-order valence-electron chi connectivity index (χ4n) is 3.17. The summed E-state index contributed by atoms with van der Waals surface area (Å²) < 4.78 is 0. The van der Waals surface area contributed by atoms with Gasteiger partial charge < -0.3 is 4.90 Å². The van der Waals surface area contributed by atoms with Crippen LogP contribution in [-0.2, 0) is 4.79 Å². The van der Waals surface area contributed by atoms with Gasteiger partial charge in [0.25, 0.3) is 0 Å². The van der Waals surface area contributed by atoms with Gasteiger partial charge in [-0.2, -0.15) is 0 Å². The topological polar surface area (TPSA) is 20.3 Å². The van der Waals surface area contributed by atoms with E-state index in [9.17, 15) is 4.79 Å². The Balaban J connectivity index is 2.78. The van der Waals surface area contributed by atoms with Crippen molar-refractivity contribution in [2.45, 2.75) is 78.8 Å². The second kappa shape index (κ2) is 6.42. The van der Waals surface area contributed by atoms with Crippen molar-refractivity contribution < 1.29 is 4.79 Å². The molecule has 0 radical (unpaired) electrons. The lowest BCUT2D eigenvalue weighted by atomic mass is 9.88. The maximum Gasteiger partial charge on any atom is 0.226 e. The summed E-state index contributed by atoms with van der Waals surface area (Å²) in [5.74, 6) is 1.16. The summed E-state index contributed by atoms with van der Waals surface area (Å²) in [5.41, 5.74) is 0. The van der Waals surface area contributed by atoms with E-state index in [0.717, 1.165) is 19.3 Å². The first-order valence-corrected chi connectivity index (χ1v) is 7.38. The van der Waals surface area contributed by atoms with Crippen LogP contribution in [0.3, 0.4) is 0 Å². The van der Waals surface area contributed by atoms with Crippen molar-refractivity contribution in [1.29, 1.82) is 0 Å². The molecule has 3 unspecified atom stereocenters. The third-order valence-corrected chi connectivity index (χ3v) is 4.60. The first kappa shape index (κ1) is 14.5. The van der Waals surface area contributed by atoms with Gasteiger partial charge in [0.2, 0.25) is 5.91 Å². The van der Waals surface area contributed by atoms with E-state index in [1.807, 2.05) is 0 Å². The average molecular weight is 239 g/mol. The maximum absolute atomic E-state index is 12.7. The quantitative estimate of drug-likeness (QED) is 0.713. The highest BCUT2D eigenvalue weighted by Crippen LogP contribution is 2.31. The lowest BCUT2D eigenvalue weighted by Crippen LogP contribution is -2.44. The summed E-state index contributed by atoms with van der Waals surface area (Å²) in [6.07, 6.45) is 5.56. The molecular formula is C15H29NO. The average Bonchev–Trinajstić information content (AvgIpc) is 2.70. The Morgan fingerprint density at radius 2 is 1.88 bits per heavy atom. The summed E-state index contributed by atoms with van der Waals surface area (Å²) in [5, 5.41) is 0. The van der Waals surface area contributed by atoms with Gasteiger partial charge in [-0.05, 0) is 38.5 Å². The maximum atomic E-state index is 12.7. The van der Waals surface area contributed by atoms with E-state index < -0.39 is 0 Å². The molecule has 1 rings (SSSR count). The van der Waals surface area contributed by atoms with Crippen LogP contribution >= 0.6 is 0 Å². The Morgan fingerprint density at radius 3 is 2.35 bits per heavy atom. The standard InChI is InChI=1S/C15H29NO/c1-6-11(4)14(8-3)15(17)16-12(5)9-10-13(16)7-2/h11-14H,6-10H2,1-5H3/t11?,12?,13-,14?/m1/s1. The Morgan fingerprint density at radius 1 is 1.24 bits per heavy atom. The lowest BCUT2D eigenvalue weighted by Gasteiger charge is -2.33. The van der Waals surface area contributed by atoms with Crippen LogP contribution in [0, 0.1) is 11.8 Å². The molecule has 0 aromatic carbocycles. The fourth-order valence-corrected chi connectivity index (χ4v) is 3.17. The Kier molecular flexibility index (Phi) is 5.48. The number of rotatable bonds is 5. The van der Waals surface area contributed by atoms with Crippen molar-refractivity contribution in [1.82, 2.24) is 4.90 Å². The highest BCUT2D eigenvalue weighted by molar-refractivity contribution is 5.80. The van der Waals surface area contributed by atoms with Crippen molar-refractivity contribution in [3.63, 3.8) is 0 Å². The largest absolute Gasteiger partial charge is 0.337 e. The second-order valence-corrected chi connectivity index (χ2v) is 5.63. The molecule has 0 N–H and O–H groups in total. The third kappa shape index (κ3) is 3.02. The molecule has 0 bridgehead atoms. The third-order valence-electron chi connectivity index (χ3n) is 4.60. The van der Waals surface area contributed by atoms with E-state index >= 15 is 0 Å². The zero-order valence-electron chi connectivity index (χ0n) is 12.2. The highest BCUT2D eigenvalue weighted by atomic mass is 16.2. The van der Waals surface area contributed by atoms with Crippen LogP contribution in [0.25, 0.3) is 0 Å². The van der Waals surface area contributed by atoms with Crippen molar-refractivity contribution in [2.75, 3.05) is 0 Å². The van der Waals surface area contributed by atoms with E-state index in [1.54, 1.807) is 0 Å². The molecule has 1 fully saturated rings. The van der Waals surface area contributed by atoms with Gasteiger partial charge in [0.1, 0.15) is 0 Å². The first-order valence-electron chi connectivity index (χ1n) is 7.38. The lowest BCUT2D eigenvalue weighted by molar-refractivity contribution is -0.140. The molecule has 4 atom stereocenters. The van der Waals surface area contributed by atoms with Crippen LogP contribution in [0.4, 0.5) is 0 Å². The SMILES string of the molecule is CCC(C)C(CC)C(=O)N1C(C)CC[C@H]1CC. The van der Waals surface area contributed by atoms with Gasteiger partial charge in [-0.25, -0.2) is 0 Å². The number of nitrogens with zero attached hydrogens (tertiary/aromatic N) is 1. The zero-order valence-corrected chi connectivity index (χ0v) is 12.2. The van der Waals surface area contributed by atoms with E-state index in [2.05, 4.69) is 39.5 Å². The van der Waals surface area contributed by atoms with Crippen molar-refractivity contribution in [2.24, 2.45) is 11.8 Å². The van der Waals surface area contributed by atoms with E-state index in [4.69, 9.17) is 0 Å². The monoisotopic (exact) mass is 239 g/mol. The van der Waals surface area contributed by atoms with Crippen LogP contribution in [0.1, 0.15) is 66.7 Å². The molecule has 1 aliphatic rings. The van der Waals surface area contributed by atoms with Crippen LogP contribution in [0.15, 0.2) is 0 Å². The second-order valence-electron chi connectivity index (χ2n) is 5.63. The van der Waals surface area contributed by atoms with Gasteiger partial charge in [0.15, 0.2) is 0 Å². The summed E-state index contributed by atoms with van der Waals surface area (Å²) in [7, 11) is 0. The number of carbonyl (C=O) groups excluding carboxylic acids is 1. The summed E-state index contributed by atoms with van der Waals surface area (Å²) in [6, 6.07) is 0.946. The van der Waals surface area contributed by atoms with Gasteiger partial charge in [-0.1, -0.05) is 34.1 Å². The minimum atomic E-state index is 0.231. The Bertz CT molecular complexity index is 251. The van der Waals surface area contributed by atoms with Crippen LogP contribution in [-0.4, -0.2) is 22.9 Å². The fraction of sp³-hybridized carbons (Fsp3) is 0.933. The molecule has 2 nitrogen and oxygen atoms in total. The predicted molar refractivity (Wildman–Crippen MR) is 72.9 cm³/mol. The Labute approximate surface area is 107 Å². The molecule has 0 spiro atoms. The van der Waals surface area contributed by atoms with E-state index in [0.29, 0.717) is 23.9 Å². The zero-order chi connectivity index (χ0) is 13.0. The molecule has 100 valence electrons. The van der Waals surface area contributed by atoms with Gasteiger partial charge in [-0.15, -0.1) is 0 Å². The summed E-state index contributed by atoms with van der Waals surface area (Å²) in [4.78, 5) is 14.9. The van der Waals surface area contributed by atoms with Gasteiger partial charge in [0, 0.05) is 18.0 Å². The first-order chi connectivity index (χ1) is 8.06. The van der Waals surface area contributed by atoms with Crippen molar-refractivity contribution in [3.05, 3.63) is 0 Å². The van der Waals surface area contributed by atoms with Crippen LogP contribution in [0.2, 0.25) is 0 Å². The molecular weight excluding hydrogens is 210 g/mol.